The van der Waals surface area contributed by atoms with Gasteiger partial charge in [0.2, 0.25) is 0 Å². The molecule has 2 N–H and O–H groups in total. The summed E-state index contributed by atoms with van der Waals surface area (Å²) in [6.07, 6.45) is 7.07. The molecule has 0 aliphatic heterocycles. The van der Waals surface area contributed by atoms with Crippen molar-refractivity contribution < 1.29 is 4.74 Å². The molecular formula is C11H16N2O. The van der Waals surface area contributed by atoms with E-state index < -0.39 is 0 Å². The molecule has 1 atom stereocenters. The van der Waals surface area contributed by atoms with Crippen molar-refractivity contribution in [2.75, 3.05) is 7.11 Å². The molecule has 0 fully saturated rings. The van der Waals surface area contributed by atoms with E-state index in [1.165, 1.54) is 0 Å². The van der Waals surface area contributed by atoms with Crippen LogP contribution in [0.3, 0.4) is 0 Å². The number of aromatic nitrogens is 1. The Kier molecular flexibility index (Phi) is 4.13. The molecule has 0 radical (unpaired) electrons. The highest BCUT2D eigenvalue weighted by atomic mass is 16.5. The monoisotopic (exact) mass is 192 g/mol. The number of ether oxygens (including phenoxy) is 1. The molecule has 3 nitrogen and oxygen atoms in total. The number of hydrogen-bond donors (Lipinski definition) is 1. The van der Waals surface area contributed by atoms with Crippen molar-refractivity contribution in [3.8, 4) is 5.75 Å². The minimum Gasteiger partial charge on any atom is -0.495 e. The molecule has 1 heterocycles. The topological polar surface area (TPSA) is 48.1 Å². The van der Waals surface area contributed by atoms with Gasteiger partial charge in [0.05, 0.1) is 13.3 Å². The molecule has 1 unspecified atom stereocenters. The minimum absolute atomic E-state index is 0.00838. The summed E-state index contributed by atoms with van der Waals surface area (Å²) in [6, 6.07) is 1.89. The average Bonchev–Trinajstić information content (AvgIpc) is 2.25. The Balaban J connectivity index is 2.77. The van der Waals surface area contributed by atoms with Gasteiger partial charge in [-0.15, -0.1) is 6.58 Å². The molecule has 0 aliphatic rings. The summed E-state index contributed by atoms with van der Waals surface area (Å²) in [6.45, 7) is 3.67. The van der Waals surface area contributed by atoms with Gasteiger partial charge in [0, 0.05) is 17.8 Å². The van der Waals surface area contributed by atoms with Crippen molar-refractivity contribution in [1.29, 1.82) is 0 Å². The Morgan fingerprint density at radius 3 is 3.14 bits per heavy atom. The van der Waals surface area contributed by atoms with E-state index in [0.29, 0.717) is 0 Å². The first kappa shape index (κ1) is 10.7. The number of pyridine rings is 1. The standard InChI is InChI=1S/C11H16N2O/c1-3-4-5-10(12)9-6-7-13-8-11(9)14-2/h3,6-8,10H,1,4-5,12H2,2H3. The molecule has 1 rings (SSSR count). The zero-order valence-corrected chi connectivity index (χ0v) is 8.44. The fraction of sp³-hybridized carbons (Fsp3) is 0.364. The van der Waals surface area contributed by atoms with Crippen molar-refractivity contribution in [3.05, 3.63) is 36.7 Å². The highest BCUT2D eigenvalue weighted by Crippen LogP contribution is 2.24. The van der Waals surface area contributed by atoms with Crippen LogP contribution in [0.15, 0.2) is 31.1 Å². The summed E-state index contributed by atoms with van der Waals surface area (Å²) < 4.78 is 5.18. The zero-order chi connectivity index (χ0) is 10.4. The molecule has 0 saturated heterocycles. The van der Waals surface area contributed by atoms with Crippen LogP contribution in [-0.2, 0) is 0 Å². The lowest BCUT2D eigenvalue weighted by Crippen LogP contribution is -2.11. The van der Waals surface area contributed by atoms with Gasteiger partial charge in [-0.2, -0.15) is 0 Å². The second-order valence-corrected chi connectivity index (χ2v) is 3.09. The maximum absolute atomic E-state index is 6.00. The molecule has 76 valence electrons. The Hall–Kier alpha value is -1.35. The second-order valence-electron chi connectivity index (χ2n) is 3.09. The van der Waals surface area contributed by atoms with Crippen molar-refractivity contribution in [3.63, 3.8) is 0 Å². The molecule has 3 heteroatoms. The van der Waals surface area contributed by atoms with Gasteiger partial charge >= 0.3 is 0 Å². The predicted octanol–water partition coefficient (Wildman–Crippen LogP) is 2.06. The molecular weight excluding hydrogens is 176 g/mol. The van der Waals surface area contributed by atoms with Crippen LogP contribution in [0.2, 0.25) is 0 Å². The third kappa shape index (κ3) is 2.57. The van der Waals surface area contributed by atoms with E-state index in [-0.39, 0.29) is 6.04 Å². The molecule has 0 aliphatic carbocycles. The van der Waals surface area contributed by atoms with Crippen molar-refractivity contribution >= 4 is 0 Å². The highest BCUT2D eigenvalue weighted by Gasteiger charge is 2.10. The van der Waals surface area contributed by atoms with E-state index in [9.17, 15) is 0 Å². The van der Waals surface area contributed by atoms with Gasteiger partial charge in [-0.1, -0.05) is 6.08 Å². The first-order valence-electron chi connectivity index (χ1n) is 4.64. The quantitative estimate of drug-likeness (QED) is 0.726. The maximum atomic E-state index is 6.00. The number of rotatable bonds is 5. The largest absolute Gasteiger partial charge is 0.495 e. The predicted molar refractivity (Wildman–Crippen MR) is 57.1 cm³/mol. The van der Waals surface area contributed by atoms with Crippen LogP contribution < -0.4 is 10.5 Å². The SMILES string of the molecule is C=CCCC(N)c1ccncc1OC. The number of hydrogen-bond acceptors (Lipinski definition) is 3. The molecule has 0 aromatic carbocycles. The Bertz CT molecular complexity index is 299. The molecule has 1 aromatic rings. The number of nitrogens with two attached hydrogens (primary N) is 1. The molecule has 0 amide bonds. The Morgan fingerprint density at radius 2 is 2.50 bits per heavy atom. The van der Waals surface area contributed by atoms with Gasteiger partial charge in [-0.25, -0.2) is 0 Å². The van der Waals surface area contributed by atoms with Crippen LogP contribution in [0.1, 0.15) is 24.4 Å². The van der Waals surface area contributed by atoms with E-state index in [1.807, 2.05) is 12.1 Å². The normalized spacial score (nSPS) is 12.1. The lowest BCUT2D eigenvalue weighted by molar-refractivity contribution is 0.402. The number of allylic oxidation sites excluding steroid dienone is 1. The summed E-state index contributed by atoms with van der Waals surface area (Å²) in [5.74, 6) is 0.754. The molecule has 0 bridgehead atoms. The van der Waals surface area contributed by atoms with Gasteiger partial charge in [0.15, 0.2) is 0 Å². The summed E-state index contributed by atoms with van der Waals surface area (Å²) in [5.41, 5.74) is 7.01. The van der Waals surface area contributed by atoms with E-state index >= 15 is 0 Å². The smallest absolute Gasteiger partial charge is 0.141 e. The molecule has 14 heavy (non-hydrogen) atoms. The van der Waals surface area contributed by atoms with Crippen LogP contribution in [0.25, 0.3) is 0 Å². The van der Waals surface area contributed by atoms with Crippen molar-refractivity contribution in [2.45, 2.75) is 18.9 Å². The summed E-state index contributed by atoms with van der Waals surface area (Å²) in [7, 11) is 1.63. The third-order valence-corrected chi connectivity index (χ3v) is 2.12. The average molecular weight is 192 g/mol. The van der Waals surface area contributed by atoms with E-state index in [0.717, 1.165) is 24.2 Å². The zero-order valence-electron chi connectivity index (χ0n) is 8.44. The Labute approximate surface area is 84.6 Å². The lowest BCUT2D eigenvalue weighted by atomic mass is 10.0. The van der Waals surface area contributed by atoms with E-state index in [4.69, 9.17) is 10.5 Å². The fourth-order valence-electron chi connectivity index (χ4n) is 1.32. The maximum Gasteiger partial charge on any atom is 0.141 e. The van der Waals surface area contributed by atoms with Crippen LogP contribution in [0.5, 0.6) is 5.75 Å². The van der Waals surface area contributed by atoms with Crippen LogP contribution in [0, 0.1) is 0 Å². The van der Waals surface area contributed by atoms with E-state index in [1.54, 1.807) is 19.5 Å². The molecule has 1 aromatic heterocycles. The van der Waals surface area contributed by atoms with Crippen LogP contribution >= 0.6 is 0 Å². The van der Waals surface area contributed by atoms with Gasteiger partial charge in [0.1, 0.15) is 5.75 Å². The summed E-state index contributed by atoms with van der Waals surface area (Å²) >= 11 is 0. The molecule has 0 saturated carbocycles. The first-order valence-corrected chi connectivity index (χ1v) is 4.64. The Morgan fingerprint density at radius 1 is 1.71 bits per heavy atom. The highest BCUT2D eigenvalue weighted by molar-refractivity contribution is 5.32. The second kappa shape index (κ2) is 5.40. The van der Waals surface area contributed by atoms with E-state index in [2.05, 4.69) is 11.6 Å². The van der Waals surface area contributed by atoms with Gasteiger partial charge < -0.3 is 10.5 Å². The van der Waals surface area contributed by atoms with Gasteiger partial charge in [-0.3, -0.25) is 4.98 Å². The minimum atomic E-state index is -0.00838. The van der Waals surface area contributed by atoms with Crippen LogP contribution in [0.4, 0.5) is 0 Å². The lowest BCUT2D eigenvalue weighted by Gasteiger charge is -2.13. The molecule has 0 spiro atoms. The van der Waals surface area contributed by atoms with Gasteiger partial charge in [0.25, 0.3) is 0 Å². The summed E-state index contributed by atoms with van der Waals surface area (Å²) in [4.78, 5) is 3.98. The number of methoxy groups -OCH3 is 1. The van der Waals surface area contributed by atoms with Crippen molar-refractivity contribution in [1.82, 2.24) is 4.98 Å². The fourth-order valence-corrected chi connectivity index (χ4v) is 1.32. The van der Waals surface area contributed by atoms with Crippen LogP contribution in [-0.4, -0.2) is 12.1 Å². The van der Waals surface area contributed by atoms with Gasteiger partial charge in [-0.05, 0) is 18.9 Å². The number of nitrogens with zero attached hydrogens (tertiary/aromatic N) is 1. The van der Waals surface area contributed by atoms with Crippen molar-refractivity contribution in [2.24, 2.45) is 5.73 Å². The summed E-state index contributed by atoms with van der Waals surface area (Å²) in [5, 5.41) is 0. The first-order chi connectivity index (χ1) is 6.79. The third-order valence-electron chi connectivity index (χ3n) is 2.12.